The van der Waals surface area contributed by atoms with Gasteiger partial charge in [0.05, 0.1) is 5.60 Å². The molecule has 0 aromatic heterocycles. The van der Waals surface area contributed by atoms with Crippen LogP contribution in [0.15, 0.2) is 11.6 Å². The number of fused-ring (bicyclic) bond motifs is 1. The number of cyclic esters (lactones) is 1. The summed E-state index contributed by atoms with van der Waals surface area (Å²) >= 11 is 0. The van der Waals surface area contributed by atoms with E-state index >= 15 is 0 Å². The molecular formula is C21H32O6. The number of carbonyl (C=O) groups is 2. The number of esters is 1. The van der Waals surface area contributed by atoms with Crippen LogP contribution in [0, 0.1) is 22.7 Å². The molecule has 6 heteroatoms. The van der Waals surface area contributed by atoms with E-state index in [2.05, 4.69) is 13.8 Å². The van der Waals surface area contributed by atoms with Gasteiger partial charge in [0.15, 0.2) is 5.78 Å². The van der Waals surface area contributed by atoms with E-state index in [1.807, 2.05) is 6.92 Å². The second-order valence-electron chi connectivity index (χ2n) is 9.43. The van der Waals surface area contributed by atoms with Crippen LogP contribution in [0.5, 0.6) is 0 Å². The number of carbonyl (C=O) groups excluding carboxylic acids is 2. The standard InChI is InChI=1S/C21H32O6/c1-12-15(22)16(23)17-19(2,3)8-6-9-20(17,4)21(12,25)10-7-13-11-14(26-5)27-18(13)24/h11-12,14,16-17,23,25H,6-10H2,1-5H3/t12-,14-,16-,17+,20+,21-/m1/s1. The average Bonchev–Trinajstić information content (AvgIpc) is 2.96. The lowest BCUT2D eigenvalue weighted by molar-refractivity contribution is -0.233. The summed E-state index contributed by atoms with van der Waals surface area (Å²) < 4.78 is 10.1. The minimum atomic E-state index is -1.29. The van der Waals surface area contributed by atoms with Crippen LogP contribution in [-0.2, 0) is 19.1 Å². The summed E-state index contributed by atoms with van der Waals surface area (Å²) in [5.41, 5.74) is -1.68. The first-order chi connectivity index (χ1) is 12.5. The molecule has 0 unspecified atom stereocenters. The molecule has 1 heterocycles. The molecular weight excluding hydrogens is 348 g/mol. The second-order valence-corrected chi connectivity index (χ2v) is 9.43. The molecule has 2 N–H and O–H groups in total. The highest BCUT2D eigenvalue weighted by molar-refractivity contribution is 5.91. The molecule has 6 nitrogen and oxygen atoms in total. The van der Waals surface area contributed by atoms with Gasteiger partial charge in [-0.25, -0.2) is 4.79 Å². The van der Waals surface area contributed by atoms with Crippen molar-refractivity contribution in [3.63, 3.8) is 0 Å². The highest BCUT2D eigenvalue weighted by Crippen LogP contribution is 2.63. The number of ketones is 1. The number of hydrogen-bond acceptors (Lipinski definition) is 6. The van der Waals surface area contributed by atoms with Gasteiger partial charge in [-0.3, -0.25) is 4.79 Å². The van der Waals surface area contributed by atoms with Gasteiger partial charge in [0.1, 0.15) is 6.10 Å². The molecule has 0 amide bonds. The lowest BCUT2D eigenvalue weighted by Gasteiger charge is -2.63. The molecule has 27 heavy (non-hydrogen) atoms. The Bertz CT molecular complexity index is 668. The summed E-state index contributed by atoms with van der Waals surface area (Å²) in [6, 6.07) is 0. The zero-order valence-electron chi connectivity index (χ0n) is 16.9. The average molecular weight is 380 g/mol. The van der Waals surface area contributed by atoms with Gasteiger partial charge in [-0.05, 0) is 37.2 Å². The van der Waals surface area contributed by atoms with Crippen molar-refractivity contribution in [2.45, 2.75) is 77.8 Å². The van der Waals surface area contributed by atoms with E-state index in [9.17, 15) is 19.8 Å². The van der Waals surface area contributed by atoms with Gasteiger partial charge in [-0.1, -0.05) is 34.1 Å². The molecule has 0 radical (unpaired) electrons. The van der Waals surface area contributed by atoms with Crippen molar-refractivity contribution in [2.75, 3.05) is 7.11 Å². The van der Waals surface area contributed by atoms with Gasteiger partial charge < -0.3 is 19.7 Å². The van der Waals surface area contributed by atoms with Crippen LogP contribution in [0.4, 0.5) is 0 Å². The van der Waals surface area contributed by atoms with Crippen molar-refractivity contribution in [1.82, 2.24) is 0 Å². The summed E-state index contributed by atoms with van der Waals surface area (Å²) in [7, 11) is 1.46. The van der Waals surface area contributed by atoms with Crippen molar-refractivity contribution in [2.24, 2.45) is 22.7 Å². The van der Waals surface area contributed by atoms with E-state index in [0.29, 0.717) is 12.0 Å². The minimum absolute atomic E-state index is 0.247. The third-order valence-corrected chi connectivity index (χ3v) is 7.62. The van der Waals surface area contributed by atoms with Gasteiger partial charge in [-0.15, -0.1) is 0 Å². The Hall–Kier alpha value is -1.24. The first-order valence-electron chi connectivity index (χ1n) is 9.86. The van der Waals surface area contributed by atoms with Crippen LogP contribution in [0.25, 0.3) is 0 Å². The largest absolute Gasteiger partial charge is 0.429 e. The van der Waals surface area contributed by atoms with Gasteiger partial charge >= 0.3 is 5.97 Å². The van der Waals surface area contributed by atoms with Gasteiger partial charge in [0, 0.05) is 29.9 Å². The first kappa shape index (κ1) is 20.5. The number of aliphatic hydroxyl groups is 2. The van der Waals surface area contributed by atoms with Crippen LogP contribution >= 0.6 is 0 Å². The maximum atomic E-state index is 12.8. The van der Waals surface area contributed by atoms with Crippen LogP contribution in [0.3, 0.4) is 0 Å². The second kappa shape index (κ2) is 6.68. The van der Waals surface area contributed by atoms with Crippen LogP contribution in [0.1, 0.15) is 59.8 Å². The fourth-order valence-corrected chi connectivity index (χ4v) is 6.07. The lowest BCUT2D eigenvalue weighted by atomic mass is 9.43. The molecule has 0 bridgehead atoms. The monoisotopic (exact) mass is 380 g/mol. The summed E-state index contributed by atoms with van der Waals surface area (Å²) in [6.07, 6.45) is 3.05. The van der Waals surface area contributed by atoms with Gasteiger partial charge in [-0.2, -0.15) is 0 Å². The molecule has 6 atom stereocenters. The fraction of sp³-hybridized carbons (Fsp3) is 0.810. The van der Waals surface area contributed by atoms with E-state index in [1.165, 1.54) is 7.11 Å². The Kier molecular flexibility index (Phi) is 5.07. The SMILES string of the molecule is CO[C@H]1C=C(CC[C@@]2(O)[C@H](C)C(=O)[C@@H](O)[C@H]3C(C)(C)CCC[C@@]32C)C(=O)O1. The quantitative estimate of drug-likeness (QED) is 0.728. The summed E-state index contributed by atoms with van der Waals surface area (Å²) in [4.78, 5) is 24.9. The first-order valence-corrected chi connectivity index (χ1v) is 9.86. The zero-order chi connectivity index (χ0) is 20.2. The Labute approximate surface area is 160 Å². The molecule has 0 aromatic rings. The van der Waals surface area contributed by atoms with Crippen molar-refractivity contribution >= 4 is 11.8 Å². The predicted molar refractivity (Wildman–Crippen MR) is 98.6 cm³/mol. The van der Waals surface area contributed by atoms with Crippen LogP contribution < -0.4 is 0 Å². The van der Waals surface area contributed by atoms with E-state index in [4.69, 9.17) is 9.47 Å². The number of rotatable bonds is 4. The third kappa shape index (κ3) is 2.97. The normalized spacial score (nSPS) is 43.9. The summed E-state index contributed by atoms with van der Waals surface area (Å²) in [5.74, 6) is -1.75. The minimum Gasteiger partial charge on any atom is -0.429 e. The molecule has 152 valence electrons. The number of aliphatic hydroxyl groups excluding tert-OH is 1. The van der Waals surface area contributed by atoms with Crippen LogP contribution in [0.2, 0.25) is 0 Å². The number of methoxy groups -OCH3 is 1. The van der Waals surface area contributed by atoms with Crippen molar-refractivity contribution < 1.29 is 29.3 Å². The smallest absolute Gasteiger partial charge is 0.336 e. The van der Waals surface area contributed by atoms with E-state index < -0.39 is 35.3 Å². The van der Waals surface area contributed by atoms with E-state index in [-0.39, 0.29) is 23.5 Å². The predicted octanol–water partition coefficient (Wildman–Crippen LogP) is 2.37. The maximum Gasteiger partial charge on any atom is 0.336 e. The third-order valence-electron chi connectivity index (χ3n) is 7.62. The van der Waals surface area contributed by atoms with Crippen LogP contribution in [-0.4, -0.2) is 47.1 Å². The summed E-state index contributed by atoms with van der Waals surface area (Å²) in [5, 5.41) is 22.6. The van der Waals surface area contributed by atoms with Gasteiger partial charge in [0.25, 0.3) is 0 Å². The molecule has 2 aliphatic carbocycles. The Morgan fingerprint density at radius 2 is 1.93 bits per heavy atom. The molecule has 0 aromatic carbocycles. The summed E-state index contributed by atoms with van der Waals surface area (Å²) in [6.45, 7) is 7.85. The molecule has 1 aliphatic heterocycles. The molecule has 3 aliphatic rings. The molecule has 0 spiro atoms. The zero-order valence-corrected chi connectivity index (χ0v) is 16.9. The lowest BCUT2D eigenvalue weighted by Crippen LogP contribution is -2.69. The Morgan fingerprint density at radius 3 is 2.52 bits per heavy atom. The number of hydrogen-bond donors (Lipinski definition) is 2. The number of ether oxygens (including phenoxy) is 2. The molecule has 2 fully saturated rings. The van der Waals surface area contributed by atoms with E-state index in [0.717, 1.165) is 19.3 Å². The highest BCUT2D eigenvalue weighted by Gasteiger charge is 2.66. The molecule has 0 saturated heterocycles. The maximum absolute atomic E-state index is 12.8. The van der Waals surface area contributed by atoms with Crippen molar-refractivity contribution in [1.29, 1.82) is 0 Å². The number of Topliss-reactive ketones (excluding diaryl/α,β-unsaturated/α-hetero) is 1. The van der Waals surface area contributed by atoms with Gasteiger partial charge in [0.2, 0.25) is 6.29 Å². The Balaban J connectivity index is 1.93. The molecule has 2 saturated carbocycles. The fourth-order valence-electron chi connectivity index (χ4n) is 6.07. The molecule has 3 rings (SSSR count). The Morgan fingerprint density at radius 1 is 1.26 bits per heavy atom. The topological polar surface area (TPSA) is 93.1 Å². The highest BCUT2D eigenvalue weighted by atomic mass is 16.7. The van der Waals surface area contributed by atoms with Crippen molar-refractivity contribution in [3.05, 3.63) is 11.6 Å². The van der Waals surface area contributed by atoms with Crippen molar-refractivity contribution in [3.8, 4) is 0 Å². The van der Waals surface area contributed by atoms with E-state index in [1.54, 1.807) is 13.0 Å².